The van der Waals surface area contributed by atoms with Crippen LogP contribution in [0, 0.1) is 5.82 Å². The number of hydrogen-bond acceptors (Lipinski definition) is 2. The number of halogens is 2. The van der Waals surface area contributed by atoms with Crippen molar-refractivity contribution in [3.63, 3.8) is 0 Å². The molecule has 122 valence electrons. The lowest BCUT2D eigenvalue weighted by atomic mass is 9.88. The fourth-order valence-corrected chi connectivity index (χ4v) is 4.81. The molecule has 1 amide bonds. The number of nitrogens with one attached hydrogen (secondary N) is 1. The summed E-state index contributed by atoms with van der Waals surface area (Å²) in [6.45, 7) is 0. The van der Waals surface area contributed by atoms with Gasteiger partial charge in [0.05, 0.1) is 11.1 Å². The van der Waals surface area contributed by atoms with Gasteiger partial charge in [-0.1, -0.05) is 41.9 Å². The normalized spacial score (nSPS) is 16.8. The van der Waals surface area contributed by atoms with Crippen molar-refractivity contribution in [1.29, 1.82) is 0 Å². The van der Waals surface area contributed by atoms with Crippen molar-refractivity contribution in [2.24, 2.45) is 0 Å². The van der Waals surface area contributed by atoms with E-state index in [4.69, 9.17) is 11.6 Å². The summed E-state index contributed by atoms with van der Waals surface area (Å²) in [5, 5.41) is 3.61. The summed E-state index contributed by atoms with van der Waals surface area (Å²) < 4.78 is 14.7. The second-order valence-electron chi connectivity index (χ2n) is 5.98. The van der Waals surface area contributed by atoms with Gasteiger partial charge in [0.1, 0.15) is 10.7 Å². The van der Waals surface area contributed by atoms with Gasteiger partial charge in [-0.25, -0.2) is 4.39 Å². The van der Waals surface area contributed by atoms with Crippen LogP contribution in [-0.2, 0) is 6.42 Å². The minimum atomic E-state index is -0.393. The molecule has 0 radical (unpaired) electrons. The van der Waals surface area contributed by atoms with Crippen molar-refractivity contribution in [2.45, 2.75) is 25.3 Å². The summed E-state index contributed by atoms with van der Waals surface area (Å²) in [5.74, 6) is -0.627. The van der Waals surface area contributed by atoms with Crippen LogP contribution in [0.3, 0.4) is 0 Å². The molecule has 1 atom stereocenters. The molecule has 5 heteroatoms. The van der Waals surface area contributed by atoms with Crippen LogP contribution in [0.5, 0.6) is 0 Å². The minimum absolute atomic E-state index is 0.0198. The standard InChI is InChI=1S/C19H15ClFNOS/c20-17-16-13(21)8-4-10-15(16)24-18(17)19(23)22-14-9-3-6-11-5-1-2-7-12(11)14/h1-2,4-5,7-8,10,14H,3,6,9H2,(H,22,23). The Morgan fingerprint density at radius 3 is 2.88 bits per heavy atom. The highest BCUT2D eigenvalue weighted by Crippen LogP contribution is 2.37. The third-order valence-corrected chi connectivity index (χ3v) is 6.13. The molecule has 1 N–H and O–H groups in total. The van der Waals surface area contributed by atoms with Crippen LogP contribution in [-0.4, -0.2) is 5.91 Å². The van der Waals surface area contributed by atoms with E-state index in [9.17, 15) is 9.18 Å². The Hall–Kier alpha value is -1.91. The number of carbonyl (C=O) groups is 1. The molecule has 24 heavy (non-hydrogen) atoms. The van der Waals surface area contributed by atoms with Gasteiger partial charge in [0, 0.05) is 10.1 Å². The highest BCUT2D eigenvalue weighted by atomic mass is 35.5. The van der Waals surface area contributed by atoms with Gasteiger partial charge in [-0.05, 0) is 42.5 Å². The van der Waals surface area contributed by atoms with Crippen molar-refractivity contribution in [3.8, 4) is 0 Å². The van der Waals surface area contributed by atoms with E-state index in [1.54, 1.807) is 12.1 Å². The summed E-state index contributed by atoms with van der Waals surface area (Å²) in [6.07, 6.45) is 2.98. The second kappa shape index (κ2) is 6.19. The number of rotatable bonds is 2. The van der Waals surface area contributed by atoms with Crippen molar-refractivity contribution in [2.75, 3.05) is 0 Å². The maximum absolute atomic E-state index is 14.0. The molecule has 0 fully saturated rings. The third-order valence-electron chi connectivity index (χ3n) is 4.49. The molecule has 1 aliphatic rings. The fraction of sp³-hybridized carbons (Fsp3) is 0.211. The molecule has 4 rings (SSSR count). The van der Waals surface area contributed by atoms with E-state index in [1.165, 1.54) is 28.5 Å². The molecule has 3 aromatic rings. The van der Waals surface area contributed by atoms with E-state index >= 15 is 0 Å². The summed E-state index contributed by atoms with van der Waals surface area (Å²) in [7, 11) is 0. The number of thiophene rings is 1. The number of hydrogen-bond donors (Lipinski definition) is 1. The van der Waals surface area contributed by atoms with Crippen LogP contribution >= 0.6 is 22.9 Å². The molecule has 0 saturated heterocycles. The average Bonchev–Trinajstić information content (AvgIpc) is 2.93. The first-order valence-corrected chi connectivity index (χ1v) is 9.10. The predicted molar refractivity (Wildman–Crippen MR) is 96.4 cm³/mol. The molecular weight excluding hydrogens is 345 g/mol. The van der Waals surface area contributed by atoms with Gasteiger partial charge >= 0.3 is 0 Å². The van der Waals surface area contributed by atoms with Crippen LogP contribution in [0.15, 0.2) is 42.5 Å². The van der Waals surface area contributed by atoms with Crippen molar-refractivity contribution in [3.05, 3.63) is 69.3 Å². The van der Waals surface area contributed by atoms with Gasteiger partial charge < -0.3 is 5.32 Å². The van der Waals surface area contributed by atoms with E-state index < -0.39 is 5.82 Å². The Bertz CT molecular complexity index is 936. The van der Waals surface area contributed by atoms with Crippen LogP contribution in [0.1, 0.15) is 39.7 Å². The lowest BCUT2D eigenvalue weighted by Crippen LogP contribution is -2.30. The maximum Gasteiger partial charge on any atom is 0.263 e. The zero-order valence-corrected chi connectivity index (χ0v) is 14.4. The van der Waals surface area contributed by atoms with E-state index in [0.29, 0.717) is 15.0 Å². The van der Waals surface area contributed by atoms with Crippen molar-refractivity contribution >= 4 is 38.9 Å². The zero-order valence-electron chi connectivity index (χ0n) is 12.8. The molecule has 0 aliphatic heterocycles. The van der Waals surface area contributed by atoms with E-state index in [2.05, 4.69) is 17.4 Å². The smallest absolute Gasteiger partial charge is 0.263 e. The Morgan fingerprint density at radius 1 is 1.21 bits per heavy atom. The van der Waals surface area contributed by atoms with Gasteiger partial charge in [0.2, 0.25) is 0 Å². The Balaban J connectivity index is 1.66. The highest BCUT2D eigenvalue weighted by molar-refractivity contribution is 7.21. The maximum atomic E-state index is 14.0. The monoisotopic (exact) mass is 359 g/mol. The lowest BCUT2D eigenvalue weighted by molar-refractivity contribution is 0.0937. The quantitative estimate of drug-likeness (QED) is 0.643. The first-order valence-electron chi connectivity index (χ1n) is 7.90. The zero-order chi connectivity index (χ0) is 16.7. The van der Waals surface area contributed by atoms with E-state index in [-0.39, 0.29) is 17.0 Å². The summed E-state index contributed by atoms with van der Waals surface area (Å²) >= 11 is 7.52. The van der Waals surface area contributed by atoms with Gasteiger partial charge in [-0.3, -0.25) is 4.79 Å². The molecule has 0 bridgehead atoms. The van der Waals surface area contributed by atoms with E-state index in [1.807, 2.05) is 12.1 Å². The van der Waals surface area contributed by atoms with Gasteiger partial charge in [-0.15, -0.1) is 11.3 Å². The number of fused-ring (bicyclic) bond motifs is 2. The Labute approximate surface area is 148 Å². The average molecular weight is 360 g/mol. The molecule has 2 aromatic carbocycles. The Kier molecular flexibility index (Phi) is 4.02. The SMILES string of the molecule is O=C(NC1CCCc2ccccc21)c1sc2cccc(F)c2c1Cl. The van der Waals surface area contributed by atoms with Crippen LogP contribution < -0.4 is 5.32 Å². The fourth-order valence-electron chi connectivity index (χ4n) is 3.34. The number of amides is 1. The van der Waals surface area contributed by atoms with E-state index in [0.717, 1.165) is 19.3 Å². The minimum Gasteiger partial charge on any atom is -0.344 e. The molecule has 0 spiro atoms. The lowest BCUT2D eigenvalue weighted by Gasteiger charge is -2.26. The number of aryl methyl sites for hydroxylation is 1. The number of benzene rings is 2. The molecule has 0 saturated carbocycles. The van der Waals surface area contributed by atoms with Crippen LogP contribution in [0.2, 0.25) is 5.02 Å². The molecule has 1 aliphatic carbocycles. The number of carbonyl (C=O) groups excluding carboxylic acids is 1. The molecule has 1 aromatic heterocycles. The van der Waals surface area contributed by atoms with Crippen LogP contribution in [0.25, 0.3) is 10.1 Å². The molecule has 2 nitrogen and oxygen atoms in total. The first kappa shape index (κ1) is 15.6. The van der Waals surface area contributed by atoms with Crippen molar-refractivity contribution < 1.29 is 9.18 Å². The van der Waals surface area contributed by atoms with Gasteiger partial charge in [0.25, 0.3) is 5.91 Å². The second-order valence-corrected chi connectivity index (χ2v) is 7.41. The topological polar surface area (TPSA) is 29.1 Å². The highest BCUT2D eigenvalue weighted by Gasteiger charge is 2.25. The Morgan fingerprint density at radius 2 is 2.04 bits per heavy atom. The van der Waals surface area contributed by atoms with Crippen LogP contribution in [0.4, 0.5) is 4.39 Å². The summed E-state index contributed by atoms with van der Waals surface area (Å²) in [5.41, 5.74) is 2.45. The largest absolute Gasteiger partial charge is 0.344 e. The molecule has 1 unspecified atom stereocenters. The van der Waals surface area contributed by atoms with Crippen molar-refractivity contribution in [1.82, 2.24) is 5.32 Å². The third kappa shape index (κ3) is 2.60. The van der Waals surface area contributed by atoms with Gasteiger partial charge in [-0.2, -0.15) is 0 Å². The summed E-state index contributed by atoms with van der Waals surface area (Å²) in [6, 6.07) is 12.9. The predicted octanol–water partition coefficient (Wildman–Crippen LogP) is 5.50. The van der Waals surface area contributed by atoms with Gasteiger partial charge in [0.15, 0.2) is 0 Å². The molecule has 1 heterocycles. The first-order chi connectivity index (χ1) is 11.6. The summed E-state index contributed by atoms with van der Waals surface area (Å²) in [4.78, 5) is 13.1. The molecular formula is C19H15ClFNOS.